The first-order valence-corrected chi connectivity index (χ1v) is 10.4. The highest BCUT2D eigenvalue weighted by atomic mass is 16.5. The Morgan fingerprint density at radius 2 is 1.97 bits per heavy atom. The van der Waals surface area contributed by atoms with Gasteiger partial charge in [-0.05, 0) is 79.7 Å². The van der Waals surface area contributed by atoms with Crippen LogP contribution in [0, 0.1) is 25.2 Å². The number of benzene rings is 1. The Labute approximate surface area is 171 Å². The third-order valence-electron chi connectivity index (χ3n) is 6.11. The van der Waals surface area contributed by atoms with Gasteiger partial charge in [-0.3, -0.25) is 5.10 Å². The lowest BCUT2D eigenvalue weighted by molar-refractivity contribution is 0.237. The van der Waals surface area contributed by atoms with Crippen molar-refractivity contribution in [2.45, 2.75) is 60.3 Å². The molecule has 0 bridgehead atoms. The molecule has 1 unspecified atom stereocenters. The number of nitrogens with zero attached hydrogens (tertiary/aromatic N) is 3. The Morgan fingerprint density at radius 3 is 2.66 bits per heavy atom. The van der Waals surface area contributed by atoms with Crippen molar-refractivity contribution in [2.24, 2.45) is 11.3 Å². The predicted molar refractivity (Wildman–Crippen MR) is 113 cm³/mol. The monoisotopic (exact) mass is 394 g/mol. The summed E-state index contributed by atoms with van der Waals surface area (Å²) in [6.45, 7) is 11.0. The van der Waals surface area contributed by atoms with E-state index in [9.17, 15) is 5.11 Å². The average molecular weight is 395 g/mol. The molecule has 0 fully saturated rings. The SMILES string of the molecule is Cc1cc(-c2noc(-c3n[nH]c4c3CCC(C)(C)C4)n2)cc(C)c1CC(C)CO. The van der Waals surface area contributed by atoms with Crippen molar-refractivity contribution >= 4 is 0 Å². The van der Waals surface area contributed by atoms with E-state index < -0.39 is 0 Å². The van der Waals surface area contributed by atoms with E-state index in [4.69, 9.17) is 4.52 Å². The topological polar surface area (TPSA) is 87.8 Å². The Balaban J connectivity index is 1.63. The number of H-pyrrole nitrogens is 1. The maximum absolute atomic E-state index is 9.38. The van der Waals surface area contributed by atoms with Crippen LogP contribution in [0.25, 0.3) is 23.0 Å². The Bertz CT molecular complexity index is 1010. The maximum atomic E-state index is 9.38. The zero-order chi connectivity index (χ0) is 20.8. The van der Waals surface area contributed by atoms with Crippen LogP contribution >= 0.6 is 0 Å². The number of rotatable bonds is 5. The number of nitrogens with one attached hydrogen (secondary N) is 1. The highest BCUT2D eigenvalue weighted by Gasteiger charge is 2.30. The standard InChI is InChI=1S/C23H30N4O2/c1-13(12-28)8-18-14(2)9-16(10-15(18)3)21-24-22(29-27-21)20-17-6-7-23(4,5)11-19(17)25-26-20/h9-10,13,28H,6-8,11-12H2,1-5H3,(H,25,26). The summed E-state index contributed by atoms with van der Waals surface area (Å²) in [6.07, 6.45) is 3.95. The average Bonchev–Trinajstić information content (AvgIpc) is 3.29. The minimum absolute atomic E-state index is 0.194. The molecule has 1 atom stereocenters. The van der Waals surface area contributed by atoms with Gasteiger partial charge in [-0.15, -0.1) is 0 Å². The van der Waals surface area contributed by atoms with Gasteiger partial charge in [0.15, 0.2) is 5.69 Å². The normalized spacial score (nSPS) is 16.6. The third kappa shape index (κ3) is 3.86. The van der Waals surface area contributed by atoms with Gasteiger partial charge in [0.1, 0.15) is 0 Å². The van der Waals surface area contributed by atoms with Crippen LogP contribution < -0.4 is 0 Å². The van der Waals surface area contributed by atoms with Crippen LogP contribution in [-0.4, -0.2) is 32.1 Å². The molecule has 0 spiro atoms. The molecule has 4 rings (SSSR count). The molecular formula is C23H30N4O2. The molecule has 3 aromatic rings. The molecule has 1 aliphatic rings. The first kappa shape index (κ1) is 19.8. The fourth-order valence-corrected chi connectivity index (χ4v) is 4.32. The summed E-state index contributed by atoms with van der Waals surface area (Å²) in [5.41, 5.74) is 8.07. The quantitative estimate of drug-likeness (QED) is 0.668. The molecule has 154 valence electrons. The van der Waals surface area contributed by atoms with Gasteiger partial charge < -0.3 is 9.63 Å². The fraction of sp³-hybridized carbons (Fsp3) is 0.522. The summed E-state index contributed by atoms with van der Waals surface area (Å²) < 4.78 is 5.60. The Kier molecular flexibility index (Phi) is 5.07. The zero-order valence-electron chi connectivity index (χ0n) is 18.0. The van der Waals surface area contributed by atoms with Crippen molar-refractivity contribution in [1.82, 2.24) is 20.3 Å². The van der Waals surface area contributed by atoms with E-state index in [1.165, 1.54) is 27.9 Å². The molecule has 2 N–H and O–H groups in total. The van der Waals surface area contributed by atoms with Gasteiger partial charge in [-0.1, -0.05) is 25.9 Å². The fourth-order valence-electron chi connectivity index (χ4n) is 4.32. The molecule has 6 heteroatoms. The summed E-state index contributed by atoms with van der Waals surface area (Å²) in [5.74, 6) is 1.30. The number of hydrogen-bond donors (Lipinski definition) is 2. The van der Waals surface area contributed by atoms with Crippen molar-refractivity contribution in [3.8, 4) is 23.0 Å². The molecule has 0 radical (unpaired) electrons. The van der Waals surface area contributed by atoms with E-state index in [0.717, 1.165) is 36.9 Å². The van der Waals surface area contributed by atoms with Gasteiger partial charge in [-0.2, -0.15) is 10.1 Å². The number of hydrogen-bond acceptors (Lipinski definition) is 5. The van der Waals surface area contributed by atoms with Crippen LogP contribution in [0.15, 0.2) is 16.7 Å². The van der Waals surface area contributed by atoms with E-state index in [2.05, 4.69) is 67.1 Å². The van der Waals surface area contributed by atoms with E-state index in [0.29, 0.717) is 17.1 Å². The number of aliphatic hydroxyl groups is 1. The highest BCUT2D eigenvalue weighted by Crippen LogP contribution is 2.37. The van der Waals surface area contributed by atoms with Gasteiger partial charge >= 0.3 is 0 Å². The molecular weight excluding hydrogens is 364 g/mol. The lowest BCUT2D eigenvalue weighted by Gasteiger charge is -2.28. The molecule has 29 heavy (non-hydrogen) atoms. The molecule has 0 aliphatic heterocycles. The number of aromatic amines is 1. The van der Waals surface area contributed by atoms with Gasteiger partial charge in [0.2, 0.25) is 5.82 Å². The predicted octanol–water partition coefficient (Wildman–Crippen LogP) is 4.43. The van der Waals surface area contributed by atoms with E-state index in [-0.39, 0.29) is 12.5 Å². The Hall–Kier alpha value is -2.47. The molecule has 0 saturated carbocycles. The molecule has 0 amide bonds. The summed E-state index contributed by atoms with van der Waals surface area (Å²) >= 11 is 0. The van der Waals surface area contributed by atoms with Crippen LogP contribution in [0.4, 0.5) is 0 Å². The molecule has 0 saturated heterocycles. The first-order valence-electron chi connectivity index (χ1n) is 10.4. The van der Waals surface area contributed by atoms with Gasteiger partial charge in [0.05, 0.1) is 0 Å². The summed E-state index contributed by atoms with van der Waals surface area (Å²) in [7, 11) is 0. The van der Waals surface area contributed by atoms with E-state index >= 15 is 0 Å². The molecule has 2 aromatic heterocycles. The second-order valence-electron chi connectivity index (χ2n) is 9.37. The summed E-state index contributed by atoms with van der Waals surface area (Å²) in [5, 5.41) is 21.3. The molecule has 1 aliphatic carbocycles. The largest absolute Gasteiger partial charge is 0.396 e. The van der Waals surface area contributed by atoms with Crippen LogP contribution in [0.5, 0.6) is 0 Å². The minimum atomic E-state index is 0.194. The third-order valence-corrected chi connectivity index (χ3v) is 6.11. The van der Waals surface area contributed by atoms with E-state index in [1.807, 2.05) is 0 Å². The lowest BCUT2D eigenvalue weighted by atomic mass is 9.76. The minimum Gasteiger partial charge on any atom is -0.396 e. The molecule has 1 aromatic carbocycles. The van der Waals surface area contributed by atoms with Crippen molar-refractivity contribution < 1.29 is 9.63 Å². The first-order chi connectivity index (χ1) is 13.8. The van der Waals surface area contributed by atoms with Gasteiger partial charge in [0, 0.05) is 23.4 Å². The van der Waals surface area contributed by atoms with E-state index in [1.54, 1.807) is 0 Å². The Morgan fingerprint density at radius 1 is 1.24 bits per heavy atom. The van der Waals surface area contributed by atoms with Crippen molar-refractivity contribution in [1.29, 1.82) is 0 Å². The summed E-state index contributed by atoms with van der Waals surface area (Å²) in [4.78, 5) is 4.66. The molecule has 2 heterocycles. The number of fused-ring (bicyclic) bond motifs is 1. The van der Waals surface area contributed by atoms with Crippen molar-refractivity contribution in [2.75, 3.05) is 6.61 Å². The second kappa shape index (κ2) is 7.41. The number of aryl methyl sites for hydroxylation is 2. The van der Waals surface area contributed by atoms with Crippen LogP contribution in [0.2, 0.25) is 0 Å². The van der Waals surface area contributed by atoms with Crippen molar-refractivity contribution in [3.63, 3.8) is 0 Å². The highest BCUT2D eigenvalue weighted by molar-refractivity contribution is 5.63. The van der Waals surface area contributed by atoms with Crippen LogP contribution in [0.1, 0.15) is 55.1 Å². The smallest absolute Gasteiger partial charge is 0.279 e. The van der Waals surface area contributed by atoms with Crippen LogP contribution in [0.3, 0.4) is 0 Å². The summed E-state index contributed by atoms with van der Waals surface area (Å²) in [6, 6.07) is 4.20. The van der Waals surface area contributed by atoms with Crippen molar-refractivity contribution in [3.05, 3.63) is 40.1 Å². The van der Waals surface area contributed by atoms with Crippen LogP contribution in [-0.2, 0) is 19.3 Å². The van der Waals surface area contributed by atoms with Gasteiger partial charge in [-0.25, -0.2) is 0 Å². The molecule has 6 nitrogen and oxygen atoms in total. The lowest BCUT2D eigenvalue weighted by Crippen LogP contribution is -2.21. The van der Waals surface area contributed by atoms with Gasteiger partial charge in [0.25, 0.3) is 5.89 Å². The maximum Gasteiger partial charge on any atom is 0.279 e. The second-order valence-corrected chi connectivity index (χ2v) is 9.37. The number of aliphatic hydroxyl groups excluding tert-OH is 1. The zero-order valence-corrected chi connectivity index (χ0v) is 18.0. The number of aromatic nitrogens is 4.